The average Bonchev–Trinajstić information content (AvgIpc) is 3.16. The van der Waals surface area contributed by atoms with E-state index in [4.69, 9.17) is 4.42 Å². The fraction of sp³-hybridized carbons (Fsp3) is 0.263. The molecular weight excluding hydrogens is 356 g/mol. The largest absolute Gasteiger partial charge is 0.454 e. The first-order valence-electron chi connectivity index (χ1n) is 8.28. The highest BCUT2D eigenvalue weighted by Gasteiger charge is 2.16. The third-order valence-corrected chi connectivity index (χ3v) is 3.90. The third kappa shape index (κ3) is 4.52. The van der Waals surface area contributed by atoms with Gasteiger partial charge < -0.3 is 14.5 Å². The molecule has 0 saturated heterocycles. The molecule has 1 amide bonds. The van der Waals surface area contributed by atoms with Crippen molar-refractivity contribution in [1.29, 1.82) is 0 Å². The van der Waals surface area contributed by atoms with Crippen molar-refractivity contribution in [3.63, 3.8) is 0 Å². The zero-order chi connectivity index (χ0) is 19.6. The first-order chi connectivity index (χ1) is 12.8. The van der Waals surface area contributed by atoms with Gasteiger partial charge in [-0.3, -0.25) is 9.48 Å². The van der Waals surface area contributed by atoms with Gasteiger partial charge in [0.25, 0.3) is 5.91 Å². The van der Waals surface area contributed by atoms with Crippen molar-refractivity contribution in [2.45, 2.75) is 33.9 Å². The van der Waals surface area contributed by atoms with Crippen LogP contribution in [-0.4, -0.2) is 22.3 Å². The van der Waals surface area contributed by atoms with Crippen molar-refractivity contribution < 1.29 is 22.7 Å². The van der Waals surface area contributed by atoms with Crippen LogP contribution < -0.4 is 10.1 Å². The highest BCUT2D eigenvalue weighted by molar-refractivity contribution is 6.03. The minimum Gasteiger partial charge on any atom is -0.454 e. The molecule has 2 aromatic heterocycles. The van der Waals surface area contributed by atoms with E-state index in [1.54, 1.807) is 23.7 Å². The molecule has 1 N–H and O–H groups in total. The molecule has 0 saturated carbocycles. The second-order valence-electron chi connectivity index (χ2n) is 6.18. The molecule has 0 bridgehead atoms. The van der Waals surface area contributed by atoms with Gasteiger partial charge in [-0.2, -0.15) is 13.9 Å². The van der Waals surface area contributed by atoms with E-state index < -0.39 is 12.5 Å². The van der Waals surface area contributed by atoms with Crippen molar-refractivity contribution in [2.75, 3.05) is 5.32 Å². The van der Waals surface area contributed by atoms with E-state index in [2.05, 4.69) is 15.2 Å². The number of benzene rings is 1. The molecule has 2 heterocycles. The number of furan rings is 1. The number of hydrogen-bond donors (Lipinski definition) is 1. The van der Waals surface area contributed by atoms with Crippen LogP contribution in [0.15, 0.2) is 40.8 Å². The van der Waals surface area contributed by atoms with Crippen LogP contribution in [0.5, 0.6) is 5.75 Å². The molecule has 0 atom stereocenters. The number of alkyl halides is 2. The quantitative estimate of drug-likeness (QED) is 0.697. The molecule has 6 nitrogen and oxygen atoms in total. The third-order valence-electron chi connectivity index (χ3n) is 3.90. The Morgan fingerprint density at radius 3 is 2.67 bits per heavy atom. The summed E-state index contributed by atoms with van der Waals surface area (Å²) in [6.45, 7) is 2.96. The topological polar surface area (TPSA) is 69.3 Å². The van der Waals surface area contributed by atoms with E-state index in [0.29, 0.717) is 12.3 Å². The number of carbonyl (C=O) groups is 1. The maximum absolute atomic E-state index is 12.6. The van der Waals surface area contributed by atoms with Crippen molar-refractivity contribution in [3.8, 4) is 5.75 Å². The SMILES string of the molecule is Cc1ccc(NC(=O)c2ccc(Cn3nc(C)cc3C)o2)c(OC(F)F)c1. The van der Waals surface area contributed by atoms with Crippen LogP contribution >= 0.6 is 0 Å². The number of rotatable bonds is 6. The summed E-state index contributed by atoms with van der Waals surface area (Å²) >= 11 is 0. The lowest BCUT2D eigenvalue weighted by molar-refractivity contribution is -0.0494. The summed E-state index contributed by atoms with van der Waals surface area (Å²) in [7, 11) is 0. The molecule has 0 unspecified atom stereocenters. The molecule has 0 aliphatic rings. The summed E-state index contributed by atoms with van der Waals surface area (Å²) in [4.78, 5) is 12.4. The normalized spacial score (nSPS) is 11.0. The van der Waals surface area contributed by atoms with Crippen molar-refractivity contribution >= 4 is 11.6 Å². The number of carbonyl (C=O) groups excluding carboxylic acids is 1. The minimum atomic E-state index is -2.99. The second-order valence-corrected chi connectivity index (χ2v) is 6.18. The number of nitrogens with one attached hydrogen (secondary N) is 1. The molecule has 3 rings (SSSR count). The number of halogens is 2. The molecule has 3 aromatic rings. The Morgan fingerprint density at radius 2 is 2.00 bits per heavy atom. The molecule has 0 aliphatic carbocycles. The molecule has 1 aromatic carbocycles. The number of amides is 1. The van der Waals surface area contributed by atoms with Gasteiger partial charge in [0.2, 0.25) is 0 Å². The monoisotopic (exact) mass is 375 g/mol. The van der Waals surface area contributed by atoms with Gasteiger partial charge in [0, 0.05) is 5.69 Å². The van der Waals surface area contributed by atoms with Crippen LogP contribution in [0.1, 0.15) is 33.3 Å². The fourth-order valence-electron chi connectivity index (χ4n) is 2.68. The van der Waals surface area contributed by atoms with E-state index >= 15 is 0 Å². The molecule has 0 fully saturated rings. The Morgan fingerprint density at radius 1 is 1.22 bits per heavy atom. The van der Waals surface area contributed by atoms with Crippen LogP contribution in [0.3, 0.4) is 0 Å². The van der Waals surface area contributed by atoms with E-state index in [-0.39, 0.29) is 17.2 Å². The highest BCUT2D eigenvalue weighted by Crippen LogP contribution is 2.28. The maximum Gasteiger partial charge on any atom is 0.387 e. The summed E-state index contributed by atoms with van der Waals surface area (Å²) in [5.41, 5.74) is 2.74. The number of nitrogens with zero attached hydrogens (tertiary/aromatic N) is 2. The van der Waals surface area contributed by atoms with Gasteiger partial charge in [-0.1, -0.05) is 6.07 Å². The van der Waals surface area contributed by atoms with Gasteiger partial charge in [0.15, 0.2) is 5.76 Å². The first kappa shape index (κ1) is 18.6. The lowest BCUT2D eigenvalue weighted by Crippen LogP contribution is -2.13. The predicted molar refractivity (Wildman–Crippen MR) is 95.3 cm³/mol. The van der Waals surface area contributed by atoms with Gasteiger partial charge in [-0.25, -0.2) is 0 Å². The molecular formula is C19H19F2N3O3. The van der Waals surface area contributed by atoms with E-state index in [1.165, 1.54) is 18.2 Å². The number of hydrogen-bond acceptors (Lipinski definition) is 4. The van der Waals surface area contributed by atoms with Crippen LogP contribution in [0.25, 0.3) is 0 Å². The van der Waals surface area contributed by atoms with Crippen molar-refractivity contribution in [3.05, 3.63) is 64.9 Å². The summed E-state index contributed by atoms with van der Waals surface area (Å²) in [6, 6.07) is 9.76. The summed E-state index contributed by atoms with van der Waals surface area (Å²) in [5, 5.41) is 6.88. The average molecular weight is 375 g/mol. The fourth-order valence-corrected chi connectivity index (χ4v) is 2.68. The van der Waals surface area contributed by atoms with E-state index in [0.717, 1.165) is 17.0 Å². The predicted octanol–water partition coefficient (Wildman–Crippen LogP) is 4.30. The van der Waals surface area contributed by atoms with E-state index in [1.807, 2.05) is 19.9 Å². The van der Waals surface area contributed by atoms with Gasteiger partial charge in [-0.05, 0) is 56.7 Å². The van der Waals surface area contributed by atoms with Gasteiger partial charge in [0.05, 0.1) is 17.9 Å². The number of anilines is 1. The highest BCUT2D eigenvalue weighted by atomic mass is 19.3. The minimum absolute atomic E-state index is 0.0649. The van der Waals surface area contributed by atoms with Crippen molar-refractivity contribution in [2.24, 2.45) is 0 Å². The Hall–Kier alpha value is -3.16. The second kappa shape index (κ2) is 7.61. The summed E-state index contributed by atoms with van der Waals surface area (Å²) in [5.74, 6) is -0.0419. The number of ether oxygens (including phenoxy) is 1. The lowest BCUT2D eigenvalue weighted by atomic mass is 10.2. The molecule has 0 spiro atoms. The van der Waals surface area contributed by atoms with E-state index in [9.17, 15) is 13.6 Å². The van der Waals surface area contributed by atoms with Gasteiger partial charge in [-0.15, -0.1) is 0 Å². The van der Waals surface area contributed by atoms with Gasteiger partial charge >= 0.3 is 6.61 Å². The Kier molecular flexibility index (Phi) is 5.25. The van der Waals surface area contributed by atoms with Crippen LogP contribution in [0.2, 0.25) is 0 Å². The Balaban J connectivity index is 1.74. The van der Waals surface area contributed by atoms with Crippen molar-refractivity contribution in [1.82, 2.24) is 9.78 Å². The Labute approximate surface area is 154 Å². The molecule has 0 aliphatic heterocycles. The number of aromatic nitrogens is 2. The lowest BCUT2D eigenvalue weighted by Gasteiger charge is -2.12. The van der Waals surface area contributed by atoms with Crippen LogP contribution in [-0.2, 0) is 6.54 Å². The molecule has 0 radical (unpaired) electrons. The standard InChI is InChI=1S/C19H19F2N3O3/c1-11-4-6-15(17(8-11)27-19(20)21)22-18(25)16-7-5-14(26-16)10-24-13(3)9-12(2)23-24/h4-9,19H,10H2,1-3H3,(H,22,25). The maximum atomic E-state index is 12.6. The number of aryl methyl sites for hydroxylation is 3. The molecule has 142 valence electrons. The Bertz CT molecular complexity index is 963. The smallest absolute Gasteiger partial charge is 0.387 e. The first-order valence-corrected chi connectivity index (χ1v) is 8.28. The molecule has 8 heteroatoms. The summed E-state index contributed by atoms with van der Waals surface area (Å²) < 4.78 is 37.0. The van der Waals surface area contributed by atoms with Crippen LogP contribution in [0, 0.1) is 20.8 Å². The molecule has 27 heavy (non-hydrogen) atoms. The summed E-state index contributed by atoms with van der Waals surface area (Å²) in [6.07, 6.45) is 0. The van der Waals surface area contributed by atoms with Gasteiger partial charge in [0.1, 0.15) is 11.5 Å². The zero-order valence-electron chi connectivity index (χ0n) is 15.1. The van der Waals surface area contributed by atoms with Crippen LogP contribution in [0.4, 0.5) is 14.5 Å². The zero-order valence-corrected chi connectivity index (χ0v) is 15.1.